The third-order valence-electron chi connectivity index (χ3n) is 6.59. The summed E-state index contributed by atoms with van der Waals surface area (Å²) < 4.78 is 4.76. The Bertz CT molecular complexity index is 1610. The van der Waals surface area contributed by atoms with Gasteiger partial charge in [0.2, 0.25) is 0 Å². The molecule has 0 saturated heterocycles. The molecule has 0 aliphatic heterocycles. The van der Waals surface area contributed by atoms with Crippen LogP contribution in [0.1, 0.15) is 5.56 Å². The first-order valence-electron chi connectivity index (χ1n) is 11.4. The Morgan fingerprint density at radius 1 is 0.636 bits per heavy atom. The standard InChI is InChI=1S/C31H25N2/c1-22-17-18-25(23-11-5-3-6-12-23)21-28(22)31-32(2)29-20-19-24-13-9-10-16-27(24)30(29)33(31)26-14-7-4-8-15-26/h3-21H,1-2H3/q+1. The molecular weight excluding hydrogens is 400 g/mol. The maximum atomic E-state index is 2.43. The molecule has 0 aliphatic rings. The lowest BCUT2D eigenvalue weighted by molar-refractivity contribution is -0.633. The summed E-state index contributed by atoms with van der Waals surface area (Å²) in [6, 6.07) is 41.2. The quantitative estimate of drug-likeness (QED) is 0.264. The Kier molecular flexibility index (Phi) is 4.58. The fourth-order valence-electron chi connectivity index (χ4n) is 4.92. The number of imidazole rings is 1. The van der Waals surface area contributed by atoms with Crippen LogP contribution in [0.4, 0.5) is 0 Å². The molecule has 0 atom stereocenters. The van der Waals surface area contributed by atoms with Crippen molar-refractivity contribution in [3.8, 4) is 28.2 Å². The van der Waals surface area contributed by atoms with E-state index in [4.69, 9.17) is 0 Å². The zero-order valence-electron chi connectivity index (χ0n) is 18.9. The van der Waals surface area contributed by atoms with Crippen LogP contribution in [0.25, 0.3) is 50.0 Å². The number of para-hydroxylation sites is 1. The van der Waals surface area contributed by atoms with Gasteiger partial charge in [-0.15, -0.1) is 0 Å². The Hall–Kier alpha value is -4.17. The molecule has 0 amide bonds. The normalized spacial score (nSPS) is 11.3. The van der Waals surface area contributed by atoms with Crippen molar-refractivity contribution in [2.24, 2.45) is 7.05 Å². The van der Waals surface area contributed by atoms with Crippen molar-refractivity contribution >= 4 is 21.8 Å². The molecule has 2 heteroatoms. The largest absolute Gasteiger partial charge is 0.295 e. The molecule has 33 heavy (non-hydrogen) atoms. The highest BCUT2D eigenvalue weighted by Gasteiger charge is 2.28. The molecule has 0 aliphatic carbocycles. The molecule has 1 heterocycles. The van der Waals surface area contributed by atoms with Crippen LogP contribution in [-0.4, -0.2) is 4.57 Å². The van der Waals surface area contributed by atoms with Crippen molar-refractivity contribution in [3.63, 3.8) is 0 Å². The summed E-state index contributed by atoms with van der Waals surface area (Å²) in [5.41, 5.74) is 8.58. The van der Waals surface area contributed by atoms with Crippen molar-refractivity contribution in [2.45, 2.75) is 6.92 Å². The summed E-state index contributed by atoms with van der Waals surface area (Å²) in [4.78, 5) is 0. The average molecular weight is 426 g/mol. The van der Waals surface area contributed by atoms with E-state index in [9.17, 15) is 0 Å². The highest BCUT2D eigenvalue weighted by molar-refractivity contribution is 6.05. The van der Waals surface area contributed by atoms with Gasteiger partial charge in [0.25, 0.3) is 5.82 Å². The Morgan fingerprint density at radius 2 is 1.33 bits per heavy atom. The van der Waals surface area contributed by atoms with Crippen LogP contribution in [0.5, 0.6) is 0 Å². The number of benzene rings is 5. The topological polar surface area (TPSA) is 8.81 Å². The number of fused-ring (bicyclic) bond motifs is 3. The summed E-state index contributed by atoms with van der Waals surface area (Å²) in [6.45, 7) is 2.20. The molecule has 0 fully saturated rings. The highest BCUT2D eigenvalue weighted by Crippen LogP contribution is 2.35. The highest BCUT2D eigenvalue weighted by atomic mass is 15.2. The van der Waals surface area contributed by atoms with Crippen molar-refractivity contribution in [3.05, 3.63) is 121 Å². The first kappa shape index (κ1) is 19.5. The zero-order valence-corrected chi connectivity index (χ0v) is 18.9. The summed E-state index contributed by atoms with van der Waals surface area (Å²) in [5, 5.41) is 2.51. The average Bonchev–Trinajstić information content (AvgIpc) is 3.18. The van der Waals surface area contributed by atoms with Crippen molar-refractivity contribution < 1.29 is 4.57 Å². The summed E-state index contributed by atoms with van der Waals surface area (Å²) in [7, 11) is 2.18. The third-order valence-corrected chi connectivity index (χ3v) is 6.59. The third kappa shape index (κ3) is 3.15. The number of nitrogens with zero attached hydrogens (tertiary/aromatic N) is 2. The van der Waals surface area contributed by atoms with Crippen LogP contribution in [0, 0.1) is 6.92 Å². The van der Waals surface area contributed by atoms with Gasteiger partial charge in [-0.1, -0.05) is 78.9 Å². The summed E-state index contributed by atoms with van der Waals surface area (Å²) in [5.74, 6) is 1.18. The lowest BCUT2D eigenvalue weighted by Gasteiger charge is -2.09. The molecule has 0 spiro atoms. The second-order valence-electron chi connectivity index (χ2n) is 8.60. The minimum atomic E-state index is 1.17. The Balaban J connectivity index is 1.74. The number of hydrogen-bond donors (Lipinski definition) is 0. The lowest BCUT2D eigenvalue weighted by atomic mass is 9.99. The van der Waals surface area contributed by atoms with E-state index in [-0.39, 0.29) is 0 Å². The van der Waals surface area contributed by atoms with Crippen LogP contribution >= 0.6 is 0 Å². The van der Waals surface area contributed by atoms with Gasteiger partial charge >= 0.3 is 0 Å². The van der Waals surface area contributed by atoms with Gasteiger partial charge < -0.3 is 0 Å². The van der Waals surface area contributed by atoms with E-state index in [1.54, 1.807) is 0 Å². The van der Waals surface area contributed by atoms with Gasteiger partial charge in [0.05, 0.1) is 12.6 Å². The second-order valence-corrected chi connectivity index (χ2v) is 8.60. The van der Waals surface area contributed by atoms with Crippen molar-refractivity contribution in [2.75, 3.05) is 0 Å². The predicted octanol–water partition coefficient (Wildman–Crippen LogP) is 7.25. The fraction of sp³-hybridized carbons (Fsp3) is 0.0645. The number of aryl methyl sites for hydroxylation is 2. The van der Waals surface area contributed by atoms with E-state index in [0.717, 1.165) is 0 Å². The molecule has 0 unspecified atom stereocenters. The Labute approximate surface area is 194 Å². The van der Waals surface area contributed by atoms with Gasteiger partial charge in [-0.3, -0.25) is 0 Å². The first-order chi connectivity index (χ1) is 16.2. The van der Waals surface area contributed by atoms with Gasteiger partial charge in [-0.25, -0.2) is 4.57 Å². The molecule has 6 rings (SSSR count). The molecule has 2 nitrogen and oxygen atoms in total. The van der Waals surface area contributed by atoms with Crippen LogP contribution in [0.3, 0.4) is 0 Å². The van der Waals surface area contributed by atoms with Gasteiger partial charge in [-0.2, -0.15) is 4.57 Å². The molecule has 158 valence electrons. The van der Waals surface area contributed by atoms with E-state index in [1.165, 1.54) is 55.6 Å². The number of aromatic nitrogens is 2. The van der Waals surface area contributed by atoms with E-state index >= 15 is 0 Å². The van der Waals surface area contributed by atoms with Crippen LogP contribution in [0.15, 0.2) is 115 Å². The first-order valence-corrected chi connectivity index (χ1v) is 11.4. The molecule has 5 aromatic carbocycles. The van der Waals surface area contributed by atoms with Crippen molar-refractivity contribution in [1.29, 1.82) is 0 Å². The SMILES string of the molecule is Cc1ccc(-c2ccccc2)cc1-c1n(-c2ccccc2)c2c3ccccc3ccc2[n+]1C. The number of hydrogen-bond acceptors (Lipinski definition) is 0. The molecule has 0 N–H and O–H groups in total. The number of rotatable bonds is 3. The van der Waals surface area contributed by atoms with E-state index < -0.39 is 0 Å². The predicted molar refractivity (Wildman–Crippen MR) is 138 cm³/mol. The van der Waals surface area contributed by atoms with Gasteiger partial charge in [0.15, 0.2) is 11.0 Å². The molecule has 0 radical (unpaired) electrons. The Morgan fingerprint density at radius 3 is 2.12 bits per heavy atom. The smallest absolute Gasteiger partial charge is 0.225 e. The maximum Gasteiger partial charge on any atom is 0.295 e. The monoisotopic (exact) mass is 425 g/mol. The minimum absolute atomic E-state index is 1.17. The maximum absolute atomic E-state index is 2.43. The molecular formula is C31H25N2+. The summed E-state index contributed by atoms with van der Waals surface area (Å²) >= 11 is 0. The van der Waals surface area contributed by atoms with E-state index in [2.05, 4.69) is 138 Å². The fourth-order valence-corrected chi connectivity index (χ4v) is 4.92. The molecule has 0 bridgehead atoms. The van der Waals surface area contributed by atoms with Gasteiger partial charge in [0.1, 0.15) is 5.69 Å². The van der Waals surface area contributed by atoms with Crippen LogP contribution in [0.2, 0.25) is 0 Å². The molecule has 6 aromatic rings. The van der Waals surface area contributed by atoms with Crippen molar-refractivity contribution in [1.82, 2.24) is 4.57 Å². The van der Waals surface area contributed by atoms with E-state index in [1.807, 2.05) is 0 Å². The molecule has 1 aromatic heterocycles. The van der Waals surface area contributed by atoms with Gasteiger partial charge in [-0.05, 0) is 65.4 Å². The summed E-state index contributed by atoms with van der Waals surface area (Å²) in [6.07, 6.45) is 0. The van der Waals surface area contributed by atoms with Crippen LogP contribution in [-0.2, 0) is 7.05 Å². The second kappa shape index (κ2) is 7.75. The zero-order chi connectivity index (χ0) is 22.4. The van der Waals surface area contributed by atoms with E-state index in [0.29, 0.717) is 0 Å². The molecule has 0 saturated carbocycles. The minimum Gasteiger partial charge on any atom is -0.225 e. The van der Waals surface area contributed by atoms with Crippen LogP contribution < -0.4 is 4.57 Å². The van der Waals surface area contributed by atoms with Gasteiger partial charge in [0, 0.05) is 5.39 Å². The lowest BCUT2D eigenvalue weighted by Crippen LogP contribution is -2.30.